The number of hydrogen-bond donors (Lipinski definition) is 2. The molecule has 7 heteroatoms. The van der Waals surface area contributed by atoms with E-state index in [1.165, 1.54) is 37.7 Å². The maximum Gasteiger partial charge on any atom is 0.191 e. The lowest BCUT2D eigenvalue weighted by Crippen LogP contribution is -2.48. The van der Waals surface area contributed by atoms with E-state index in [0.717, 1.165) is 63.8 Å². The Balaban J connectivity index is 0.00000363. The van der Waals surface area contributed by atoms with Crippen LogP contribution < -0.4 is 15.4 Å². The lowest BCUT2D eigenvalue weighted by molar-refractivity contribution is 0.155. The molecule has 0 amide bonds. The van der Waals surface area contributed by atoms with Gasteiger partial charge in [0.1, 0.15) is 5.75 Å². The minimum Gasteiger partial charge on any atom is -0.490 e. The molecule has 2 aliphatic rings. The second-order valence-corrected chi connectivity index (χ2v) is 8.83. The molecule has 0 aromatic heterocycles. The Labute approximate surface area is 211 Å². The number of halogens is 1. The molecule has 1 heterocycles. The van der Waals surface area contributed by atoms with Crippen molar-refractivity contribution in [2.45, 2.75) is 77.0 Å². The Bertz CT molecular complexity index is 659. The zero-order chi connectivity index (χ0) is 21.7. The fourth-order valence-corrected chi connectivity index (χ4v) is 4.51. The number of methoxy groups -OCH3 is 1. The number of guanidine groups is 1. The van der Waals surface area contributed by atoms with Gasteiger partial charge >= 0.3 is 0 Å². The van der Waals surface area contributed by atoms with Gasteiger partial charge in [0.15, 0.2) is 5.96 Å². The SMILES string of the molecule is CCNC(=NCc1cccc(OC2CCCCC2)c1)NC1CCN(CCCOC)CC1.I. The third-order valence-electron chi connectivity index (χ3n) is 6.27. The highest BCUT2D eigenvalue weighted by Crippen LogP contribution is 2.24. The molecular weight excluding hydrogens is 515 g/mol. The number of piperidine rings is 1. The largest absolute Gasteiger partial charge is 0.490 e. The number of aliphatic imine (C=N–C) groups is 1. The quantitative estimate of drug-likeness (QED) is 0.191. The van der Waals surface area contributed by atoms with E-state index in [2.05, 4.69) is 46.7 Å². The molecular formula is C25H43IN4O2. The van der Waals surface area contributed by atoms with E-state index in [0.29, 0.717) is 18.7 Å². The summed E-state index contributed by atoms with van der Waals surface area (Å²) in [5, 5.41) is 7.06. The molecule has 0 radical (unpaired) electrons. The Kier molecular flexibility index (Phi) is 13.4. The van der Waals surface area contributed by atoms with Gasteiger partial charge in [-0.1, -0.05) is 18.6 Å². The molecule has 0 bridgehead atoms. The third kappa shape index (κ3) is 9.83. The summed E-state index contributed by atoms with van der Waals surface area (Å²) in [5.74, 6) is 1.90. The Morgan fingerprint density at radius 1 is 1.12 bits per heavy atom. The lowest BCUT2D eigenvalue weighted by Gasteiger charge is -2.33. The molecule has 0 atom stereocenters. The van der Waals surface area contributed by atoms with Gasteiger partial charge in [0.2, 0.25) is 0 Å². The molecule has 0 unspecified atom stereocenters. The number of nitrogens with zero attached hydrogens (tertiary/aromatic N) is 2. The van der Waals surface area contributed by atoms with Crippen molar-refractivity contribution < 1.29 is 9.47 Å². The van der Waals surface area contributed by atoms with E-state index >= 15 is 0 Å². The molecule has 1 aromatic carbocycles. The minimum atomic E-state index is 0. The lowest BCUT2D eigenvalue weighted by atomic mass is 9.98. The van der Waals surface area contributed by atoms with Crippen molar-refractivity contribution in [1.82, 2.24) is 15.5 Å². The molecule has 3 rings (SSSR count). The van der Waals surface area contributed by atoms with Gasteiger partial charge in [0.25, 0.3) is 0 Å². The van der Waals surface area contributed by atoms with Gasteiger partial charge in [0.05, 0.1) is 12.6 Å². The first-order valence-corrected chi connectivity index (χ1v) is 12.3. The molecule has 6 nitrogen and oxygen atoms in total. The van der Waals surface area contributed by atoms with Gasteiger partial charge in [-0.05, 0) is 69.6 Å². The van der Waals surface area contributed by atoms with Crippen molar-refractivity contribution >= 4 is 29.9 Å². The Hall–Kier alpha value is -1.06. The van der Waals surface area contributed by atoms with Gasteiger partial charge in [-0.25, -0.2) is 4.99 Å². The van der Waals surface area contributed by atoms with Crippen LogP contribution in [-0.2, 0) is 11.3 Å². The number of hydrogen-bond acceptors (Lipinski definition) is 4. The van der Waals surface area contributed by atoms with Crippen LogP contribution in [0.4, 0.5) is 0 Å². The minimum absolute atomic E-state index is 0. The van der Waals surface area contributed by atoms with E-state index < -0.39 is 0 Å². The van der Waals surface area contributed by atoms with Crippen LogP contribution in [0.1, 0.15) is 63.9 Å². The van der Waals surface area contributed by atoms with Crippen LogP contribution in [0.15, 0.2) is 29.3 Å². The van der Waals surface area contributed by atoms with Crippen molar-refractivity contribution in [3.8, 4) is 5.75 Å². The number of likely N-dealkylation sites (tertiary alicyclic amines) is 1. The van der Waals surface area contributed by atoms with Crippen LogP contribution in [-0.4, -0.2) is 62.9 Å². The van der Waals surface area contributed by atoms with Gasteiger partial charge in [-0.3, -0.25) is 0 Å². The molecule has 0 spiro atoms. The molecule has 1 aromatic rings. The van der Waals surface area contributed by atoms with Gasteiger partial charge < -0.3 is 25.0 Å². The topological polar surface area (TPSA) is 58.1 Å². The fraction of sp³-hybridized carbons (Fsp3) is 0.720. The van der Waals surface area contributed by atoms with Crippen molar-refractivity contribution in [2.24, 2.45) is 4.99 Å². The van der Waals surface area contributed by atoms with E-state index in [-0.39, 0.29) is 24.0 Å². The average Bonchev–Trinajstić information content (AvgIpc) is 2.80. The van der Waals surface area contributed by atoms with Gasteiger partial charge in [0, 0.05) is 45.9 Å². The predicted molar refractivity (Wildman–Crippen MR) is 143 cm³/mol. The van der Waals surface area contributed by atoms with E-state index in [1.807, 2.05) is 0 Å². The monoisotopic (exact) mass is 558 g/mol. The van der Waals surface area contributed by atoms with Crippen molar-refractivity contribution in [1.29, 1.82) is 0 Å². The molecule has 32 heavy (non-hydrogen) atoms. The van der Waals surface area contributed by atoms with Crippen molar-refractivity contribution in [3.63, 3.8) is 0 Å². The zero-order valence-electron chi connectivity index (χ0n) is 20.0. The van der Waals surface area contributed by atoms with Crippen LogP contribution in [0.3, 0.4) is 0 Å². The second kappa shape index (κ2) is 15.7. The standard InChI is InChI=1S/C25H42N4O2.HI/c1-3-26-25(28-22-13-16-29(17-14-22)15-8-18-30-2)27-20-21-9-7-12-24(19-21)31-23-10-5-4-6-11-23;/h7,9,12,19,22-23H,3-6,8,10-11,13-18,20H2,1-2H3,(H2,26,27,28);1H. The highest BCUT2D eigenvalue weighted by Gasteiger charge is 2.19. The molecule has 1 saturated heterocycles. The second-order valence-electron chi connectivity index (χ2n) is 8.83. The fourth-order valence-electron chi connectivity index (χ4n) is 4.51. The summed E-state index contributed by atoms with van der Waals surface area (Å²) in [7, 11) is 1.78. The van der Waals surface area contributed by atoms with Crippen LogP contribution in [0, 0.1) is 0 Å². The van der Waals surface area contributed by atoms with E-state index in [4.69, 9.17) is 14.5 Å². The summed E-state index contributed by atoms with van der Waals surface area (Å²) in [6, 6.07) is 8.94. The highest BCUT2D eigenvalue weighted by molar-refractivity contribution is 14.0. The number of rotatable bonds is 10. The summed E-state index contributed by atoms with van der Waals surface area (Å²) < 4.78 is 11.4. The number of ether oxygens (including phenoxy) is 2. The molecule has 1 aliphatic heterocycles. The summed E-state index contributed by atoms with van der Waals surface area (Å²) in [5.41, 5.74) is 1.19. The smallest absolute Gasteiger partial charge is 0.191 e. The van der Waals surface area contributed by atoms with Gasteiger partial charge in [-0.2, -0.15) is 0 Å². The molecule has 2 fully saturated rings. The molecule has 2 N–H and O–H groups in total. The maximum atomic E-state index is 6.22. The first-order valence-electron chi connectivity index (χ1n) is 12.3. The van der Waals surface area contributed by atoms with E-state index in [9.17, 15) is 0 Å². The van der Waals surface area contributed by atoms with Crippen LogP contribution >= 0.6 is 24.0 Å². The summed E-state index contributed by atoms with van der Waals surface area (Å²) >= 11 is 0. The summed E-state index contributed by atoms with van der Waals surface area (Å²) in [6.07, 6.45) is 10.1. The molecule has 1 aliphatic carbocycles. The summed E-state index contributed by atoms with van der Waals surface area (Å²) in [6.45, 7) is 7.91. The number of benzene rings is 1. The van der Waals surface area contributed by atoms with Crippen LogP contribution in [0.25, 0.3) is 0 Å². The number of nitrogens with one attached hydrogen (secondary N) is 2. The predicted octanol–water partition coefficient (Wildman–Crippen LogP) is 4.57. The maximum absolute atomic E-state index is 6.22. The summed E-state index contributed by atoms with van der Waals surface area (Å²) in [4.78, 5) is 7.39. The van der Waals surface area contributed by atoms with Crippen molar-refractivity contribution in [2.75, 3.05) is 39.9 Å². The normalized spacial score (nSPS) is 18.8. The third-order valence-corrected chi connectivity index (χ3v) is 6.27. The first-order chi connectivity index (χ1) is 15.3. The van der Waals surface area contributed by atoms with Crippen molar-refractivity contribution in [3.05, 3.63) is 29.8 Å². The average molecular weight is 559 g/mol. The first kappa shape index (κ1) is 27.2. The highest BCUT2D eigenvalue weighted by atomic mass is 127. The van der Waals surface area contributed by atoms with Crippen LogP contribution in [0.2, 0.25) is 0 Å². The molecule has 182 valence electrons. The Morgan fingerprint density at radius 2 is 1.91 bits per heavy atom. The zero-order valence-corrected chi connectivity index (χ0v) is 22.3. The van der Waals surface area contributed by atoms with E-state index in [1.54, 1.807) is 7.11 Å². The van der Waals surface area contributed by atoms with Crippen LogP contribution in [0.5, 0.6) is 5.75 Å². The Morgan fingerprint density at radius 3 is 2.62 bits per heavy atom. The molecule has 1 saturated carbocycles. The van der Waals surface area contributed by atoms with Gasteiger partial charge in [-0.15, -0.1) is 24.0 Å².